The van der Waals surface area contributed by atoms with Crippen molar-refractivity contribution in [2.45, 2.75) is 6.61 Å². The van der Waals surface area contributed by atoms with Gasteiger partial charge in [0.1, 0.15) is 5.82 Å². The van der Waals surface area contributed by atoms with Crippen LogP contribution in [0.2, 0.25) is 5.02 Å². The summed E-state index contributed by atoms with van der Waals surface area (Å²) in [6.45, 7) is -3.71. The van der Waals surface area contributed by atoms with Crippen molar-refractivity contribution in [3.05, 3.63) is 52.8 Å². The van der Waals surface area contributed by atoms with Crippen molar-refractivity contribution in [1.29, 1.82) is 0 Å². The van der Waals surface area contributed by atoms with E-state index in [9.17, 15) is 22.8 Å². The van der Waals surface area contributed by atoms with Gasteiger partial charge in [-0.25, -0.2) is 9.18 Å². The number of hydrogen-bond donors (Lipinski definition) is 1. The number of carbonyl (C=O) groups is 2. The highest BCUT2D eigenvalue weighted by molar-refractivity contribution is 6.33. The Morgan fingerprint density at radius 1 is 1.15 bits per heavy atom. The molecule has 0 aliphatic rings. The molecule has 10 heteroatoms. The average molecular weight is 404 g/mol. The molecule has 0 bridgehead atoms. The summed E-state index contributed by atoms with van der Waals surface area (Å²) in [7, 11) is 1.21. The first-order valence-corrected chi connectivity index (χ1v) is 7.73. The molecule has 0 saturated carbocycles. The zero-order valence-electron chi connectivity index (χ0n) is 13.8. The molecule has 6 nitrogen and oxygen atoms in total. The highest BCUT2D eigenvalue weighted by Gasteiger charge is 2.16. The lowest BCUT2D eigenvalue weighted by atomic mass is 10.2. The van der Waals surface area contributed by atoms with E-state index in [1.54, 1.807) is 0 Å². The Hall–Kier alpha value is -2.94. The van der Waals surface area contributed by atoms with Gasteiger partial charge >= 0.3 is 12.6 Å². The minimum atomic E-state index is -3.06. The second kappa shape index (κ2) is 9.13. The molecular formula is C17H13ClF3NO5. The number of carbonyl (C=O) groups excluding carboxylic acids is 2. The molecule has 0 aliphatic heterocycles. The number of ether oxygens (including phenoxy) is 3. The third-order valence-electron chi connectivity index (χ3n) is 3.15. The summed E-state index contributed by atoms with van der Waals surface area (Å²) in [4.78, 5) is 23.8. The second-order valence-electron chi connectivity index (χ2n) is 4.99. The fourth-order valence-corrected chi connectivity index (χ4v) is 2.19. The first kappa shape index (κ1) is 20.4. The third kappa shape index (κ3) is 5.78. The molecular weight excluding hydrogens is 391 g/mol. The van der Waals surface area contributed by atoms with Gasteiger partial charge in [-0.05, 0) is 36.4 Å². The first-order chi connectivity index (χ1) is 12.8. The van der Waals surface area contributed by atoms with Crippen molar-refractivity contribution in [2.24, 2.45) is 0 Å². The fraction of sp³-hybridized carbons (Fsp3) is 0.176. The Bertz CT molecular complexity index is 847. The van der Waals surface area contributed by atoms with Crippen molar-refractivity contribution in [3.8, 4) is 11.5 Å². The molecule has 2 rings (SSSR count). The van der Waals surface area contributed by atoms with Gasteiger partial charge in [0.25, 0.3) is 5.91 Å². The van der Waals surface area contributed by atoms with Crippen molar-refractivity contribution >= 4 is 29.2 Å². The van der Waals surface area contributed by atoms with Crippen LogP contribution < -0.4 is 14.8 Å². The van der Waals surface area contributed by atoms with E-state index in [-0.39, 0.29) is 27.8 Å². The number of amides is 1. The van der Waals surface area contributed by atoms with Crippen molar-refractivity contribution in [1.82, 2.24) is 0 Å². The minimum Gasteiger partial charge on any atom is -0.493 e. The molecule has 0 fully saturated rings. The van der Waals surface area contributed by atoms with Crippen LogP contribution in [-0.2, 0) is 9.53 Å². The molecule has 0 saturated heterocycles. The standard InChI is InChI=1S/C17H13ClF3NO5/c1-25-14-6-9(2-5-13(14)27-17(20)21)16(24)26-8-15(23)22-12-4-3-10(19)7-11(12)18/h2-7,17H,8H2,1H3,(H,22,23). The predicted octanol–water partition coefficient (Wildman–Crippen LogP) is 3.88. The van der Waals surface area contributed by atoms with Gasteiger partial charge in [-0.15, -0.1) is 0 Å². The lowest BCUT2D eigenvalue weighted by Crippen LogP contribution is -2.21. The summed E-state index contributed by atoms with van der Waals surface area (Å²) in [5.41, 5.74) is 0.107. The maximum atomic E-state index is 13.0. The lowest BCUT2D eigenvalue weighted by Gasteiger charge is -2.11. The molecule has 144 valence electrons. The molecule has 0 spiro atoms. The van der Waals surface area contributed by atoms with Crippen LogP contribution in [0, 0.1) is 5.82 Å². The van der Waals surface area contributed by atoms with Crippen molar-refractivity contribution in [2.75, 3.05) is 19.0 Å². The van der Waals surface area contributed by atoms with E-state index in [0.29, 0.717) is 0 Å². The monoisotopic (exact) mass is 403 g/mol. The van der Waals surface area contributed by atoms with Crippen LogP contribution in [0.4, 0.5) is 18.9 Å². The zero-order chi connectivity index (χ0) is 20.0. The molecule has 0 aromatic heterocycles. The minimum absolute atomic E-state index is 0.0194. The van der Waals surface area contributed by atoms with Crippen LogP contribution in [0.5, 0.6) is 11.5 Å². The van der Waals surface area contributed by atoms with Crippen LogP contribution in [0.1, 0.15) is 10.4 Å². The van der Waals surface area contributed by atoms with Crippen LogP contribution in [0.15, 0.2) is 36.4 Å². The van der Waals surface area contributed by atoms with E-state index >= 15 is 0 Å². The molecule has 0 unspecified atom stereocenters. The summed E-state index contributed by atoms with van der Waals surface area (Å²) < 4.78 is 51.5. The van der Waals surface area contributed by atoms with Gasteiger partial charge < -0.3 is 19.5 Å². The number of benzene rings is 2. The van der Waals surface area contributed by atoms with Gasteiger partial charge in [0, 0.05) is 0 Å². The predicted molar refractivity (Wildman–Crippen MR) is 89.9 cm³/mol. The normalized spacial score (nSPS) is 10.4. The Kier molecular flexibility index (Phi) is 6.89. The number of esters is 1. The summed E-state index contributed by atoms with van der Waals surface area (Å²) in [5, 5.41) is 2.34. The van der Waals surface area contributed by atoms with E-state index in [2.05, 4.69) is 10.1 Å². The van der Waals surface area contributed by atoms with Crippen molar-refractivity contribution in [3.63, 3.8) is 0 Å². The lowest BCUT2D eigenvalue weighted by molar-refractivity contribution is -0.119. The van der Waals surface area contributed by atoms with Gasteiger partial charge in [0.15, 0.2) is 18.1 Å². The number of hydrogen-bond acceptors (Lipinski definition) is 5. The second-order valence-corrected chi connectivity index (χ2v) is 5.40. The highest BCUT2D eigenvalue weighted by Crippen LogP contribution is 2.29. The maximum Gasteiger partial charge on any atom is 0.387 e. The number of methoxy groups -OCH3 is 1. The Morgan fingerprint density at radius 2 is 1.89 bits per heavy atom. The van der Waals surface area contributed by atoms with E-state index < -0.39 is 30.9 Å². The van der Waals surface area contributed by atoms with Crippen molar-refractivity contribution < 1.29 is 37.0 Å². The number of alkyl halides is 2. The van der Waals surface area contributed by atoms with Crippen LogP contribution in [-0.4, -0.2) is 32.2 Å². The third-order valence-corrected chi connectivity index (χ3v) is 3.47. The number of rotatable bonds is 7. The summed E-state index contributed by atoms with van der Waals surface area (Å²) >= 11 is 5.77. The Morgan fingerprint density at radius 3 is 2.52 bits per heavy atom. The quantitative estimate of drug-likeness (QED) is 0.710. The number of nitrogens with one attached hydrogen (secondary N) is 1. The molecule has 27 heavy (non-hydrogen) atoms. The van der Waals surface area contributed by atoms with Crippen LogP contribution >= 0.6 is 11.6 Å². The zero-order valence-corrected chi connectivity index (χ0v) is 14.6. The molecule has 0 atom stereocenters. The molecule has 2 aromatic rings. The fourth-order valence-electron chi connectivity index (χ4n) is 1.98. The van der Waals surface area contributed by atoms with Gasteiger partial charge in [-0.2, -0.15) is 8.78 Å². The number of halogens is 4. The Balaban J connectivity index is 1.97. The highest BCUT2D eigenvalue weighted by atomic mass is 35.5. The molecule has 0 aliphatic carbocycles. The molecule has 0 radical (unpaired) electrons. The molecule has 1 N–H and O–H groups in total. The Labute approximate surface area is 156 Å². The van der Waals surface area contributed by atoms with E-state index in [1.165, 1.54) is 19.2 Å². The topological polar surface area (TPSA) is 73.9 Å². The SMILES string of the molecule is COc1cc(C(=O)OCC(=O)Nc2ccc(F)cc2Cl)ccc1OC(F)F. The maximum absolute atomic E-state index is 13.0. The molecule has 0 heterocycles. The van der Waals surface area contributed by atoms with Gasteiger partial charge in [0.2, 0.25) is 0 Å². The molecule has 1 amide bonds. The smallest absolute Gasteiger partial charge is 0.387 e. The van der Waals surface area contributed by atoms with Crippen LogP contribution in [0.25, 0.3) is 0 Å². The van der Waals surface area contributed by atoms with Gasteiger partial charge in [-0.1, -0.05) is 11.6 Å². The first-order valence-electron chi connectivity index (χ1n) is 7.35. The summed E-state index contributed by atoms with van der Waals surface area (Å²) in [6.07, 6.45) is 0. The number of anilines is 1. The molecule has 2 aromatic carbocycles. The average Bonchev–Trinajstić information content (AvgIpc) is 2.62. The van der Waals surface area contributed by atoms with E-state index in [0.717, 1.165) is 24.3 Å². The van der Waals surface area contributed by atoms with E-state index in [4.69, 9.17) is 21.1 Å². The summed E-state index contributed by atoms with van der Waals surface area (Å²) in [5.74, 6) is -2.53. The van der Waals surface area contributed by atoms with Gasteiger partial charge in [-0.3, -0.25) is 4.79 Å². The van der Waals surface area contributed by atoms with Gasteiger partial charge in [0.05, 0.1) is 23.4 Å². The van der Waals surface area contributed by atoms with Crippen LogP contribution in [0.3, 0.4) is 0 Å². The largest absolute Gasteiger partial charge is 0.493 e. The summed E-state index contributed by atoms with van der Waals surface area (Å²) in [6, 6.07) is 6.79. The van der Waals surface area contributed by atoms with E-state index in [1.807, 2.05) is 0 Å².